The summed E-state index contributed by atoms with van der Waals surface area (Å²) in [4.78, 5) is 19.2. The third kappa shape index (κ3) is 3.65. The van der Waals surface area contributed by atoms with Crippen molar-refractivity contribution in [3.63, 3.8) is 0 Å². The Morgan fingerprint density at radius 3 is 2.72 bits per heavy atom. The Morgan fingerprint density at radius 1 is 1.16 bits per heavy atom. The zero-order valence-corrected chi connectivity index (χ0v) is 14.6. The molecule has 6 nitrogen and oxygen atoms in total. The van der Waals surface area contributed by atoms with Crippen LogP contribution in [0.4, 0.5) is 10.2 Å². The summed E-state index contributed by atoms with van der Waals surface area (Å²) >= 11 is 0. The predicted octanol–water partition coefficient (Wildman–Crippen LogP) is 2.94. The molecule has 0 saturated carbocycles. The normalized spacial score (nSPS) is 10.9. The number of pyridine rings is 1. The number of halogens is 1. The van der Waals surface area contributed by atoms with Gasteiger partial charge in [0, 0.05) is 32.1 Å². The summed E-state index contributed by atoms with van der Waals surface area (Å²) in [6.07, 6.45) is 7.03. The lowest BCUT2D eigenvalue weighted by Gasteiger charge is -2.18. The Balaban J connectivity index is 1.99. The number of nitrogens with zero attached hydrogens (tertiary/aromatic N) is 6. The monoisotopic (exact) mass is 340 g/mol. The van der Waals surface area contributed by atoms with Crippen LogP contribution in [-0.2, 0) is 13.0 Å². The van der Waals surface area contributed by atoms with Gasteiger partial charge in [-0.25, -0.2) is 19.9 Å². The van der Waals surface area contributed by atoms with Gasteiger partial charge in [-0.2, -0.15) is 4.39 Å². The fourth-order valence-corrected chi connectivity index (χ4v) is 2.83. The highest BCUT2D eigenvalue weighted by molar-refractivity contribution is 5.51. The Kier molecular flexibility index (Phi) is 5.02. The molecule has 0 N–H and O–H groups in total. The quantitative estimate of drug-likeness (QED) is 0.646. The van der Waals surface area contributed by atoms with E-state index in [4.69, 9.17) is 0 Å². The molecule has 3 aromatic rings. The molecule has 0 aliphatic rings. The first-order chi connectivity index (χ1) is 12.1. The van der Waals surface area contributed by atoms with Crippen molar-refractivity contribution in [2.75, 3.05) is 19.0 Å². The summed E-state index contributed by atoms with van der Waals surface area (Å²) in [7, 11) is 3.95. The first kappa shape index (κ1) is 17.0. The molecule has 130 valence electrons. The smallest absolute Gasteiger partial charge is 0.213 e. The Labute approximate surface area is 146 Å². The maximum Gasteiger partial charge on any atom is 0.213 e. The van der Waals surface area contributed by atoms with Gasteiger partial charge >= 0.3 is 0 Å². The van der Waals surface area contributed by atoms with E-state index in [-0.39, 0.29) is 0 Å². The van der Waals surface area contributed by atoms with E-state index in [1.54, 1.807) is 24.7 Å². The second-order valence-corrected chi connectivity index (χ2v) is 5.99. The maximum atomic E-state index is 13.4. The molecule has 25 heavy (non-hydrogen) atoms. The van der Waals surface area contributed by atoms with Crippen LogP contribution in [0.2, 0.25) is 0 Å². The lowest BCUT2D eigenvalue weighted by Crippen LogP contribution is -2.17. The molecule has 0 aromatic carbocycles. The van der Waals surface area contributed by atoms with Gasteiger partial charge in [0.1, 0.15) is 17.8 Å². The van der Waals surface area contributed by atoms with Gasteiger partial charge in [0.05, 0.1) is 12.2 Å². The van der Waals surface area contributed by atoms with Gasteiger partial charge in [-0.05, 0) is 18.6 Å². The number of rotatable bonds is 6. The second kappa shape index (κ2) is 7.38. The first-order valence-electron chi connectivity index (χ1n) is 8.24. The topological polar surface area (TPSA) is 59.7 Å². The Hall–Kier alpha value is -2.83. The van der Waals surface area contributed by atoms with Crippen LogP contribution >= 0.6 is 0 Å². The summed E-state index contributed by atoms with van der Waals surface area (Å²) in [5, 5.41) is 0. The summed E-state index contributed by atoms with van der Waals surface area (Å²) in [6.45, 7) is 2.67. The van der Waals surface area contributed by atoms with Gasteiger partial charge in [0.2, 0.25) is 5.95 Å². The van der Waals surface area contributed by atoms with E-state index in [9.17, 15) is 4.39 Å². The zero-order chi connectivity index (χ0) is 17.8. The number of imidazole rings is 1. The maximum absolute atomic E-state index is 13.4. The average molecular weight is 340 g/mol. The largest absolute Gasteiger partial charge is 0.362 e. The highest BCUT2D eigenvalue weighted by atomic mass is 19.1. The van der Waals surface area contributed by atoms with Crippen molar-refractivity contribution >= 4 is 5.82 Å². The van der Waals surface area contributed by atoms with Gasteiger partial charge in [0.15, 0.2) is 5.82 Å². The third-order valence-electron chi connectivity index (χ3n) is 3.92. The fraction of sp³-hybridized carbons (Fsp3) is 0.333. The second-order valence-electron chi connectivity index (χ2n) is 5.99. The van der Waals surface area contributed by atoms with E-state index in [1.807, 2.05) is 29.8 Å². The molecule has 7 heteroatoms. The van der Waals surface area contributed by atoms with Crippen molar-refractivity contribution in [1.29, 1.82) is 0 Å². The SMILES string of the molecule is CCCc1c(Cn2ccnc2-c2cccc(F)n2)ncnc1N(C)C. The van der Waals surface area contributed by atoms with Crippen LogP contribution in [0, 0.1) is 5.95 Å². The van der Waals surface area contributed by atoms with Crippen LogP contribution in [0.1, 0.15) is 24.6 Å². The lowest BCUT2D eigenvalue weighted by molar-refractivity contribution is 0.584. The zero-order valence-electron chi connectivity index (χ0n) is 14.6. The number of hydrogen-bond acceptors (Lipinski definition) is 5. The van der Waals surface area contributed by atoms with E-state index >= 15 is 0 Å². The van der Waals surface area contributed by atoms with E-state index in [0.29, 0.717) is 18.1 Å². The van der Waals surface area contributed by atoms with Gasteiger partial charge in [-0.3, -0.25) is 0 Å². The van der Waals surface area contributed by atoms with Crippen molar-refractivity contribution in [3.05, 3.63) is 54.1 Å². The molecule has 0 amide bonds. The van der Waals surface area contributed by atoms with E-state index < -0.39 is 5.95 Å². The van der Waals surface area contributed by atoms with Crippen LogP contribution in [0.15, 0.2) is 36.9 Å². The molecule has 0 bridgehead atoms. The van der Waals surface area contributed by atoms with Gasteiger partial charge in [-0.15, -0.1) is 0 Å². The number of aromatic nitrogens is 5. The summed E-state index contributed by atoms with van der Waals surface area (Å²) in [5.74, 6) is 1.03. The Morgan fingerprint density at radius 2 is 2.00 bits per heavy atom. The van der Waals surface area contributed by atoms with Crippen LogP contribution in [0.5, 0.6) is 0 Å². The van der Waals surface area contributed by atoms with Crippen molar-refractivity contribution < 1.29 is 4.39 Å². The standard InChI is InChI=1S/C18H21FN6/c1-4-6-13-15(21-12-22-17(13)24(2)3)11-25-10-9-20-18(25)14-7-5-8-16(19)23-14/h5,7-10,12H,4,6,11H2,1-3H3. The molecule has 3 rings (SSSR count). The average Bonchev–Trinajstić information content (AvgIpc) is 3.04. The number of hydrogen-bond donors (Lipinski definition) is 0. The molecule has 0 unspecified atom stereocenters. The minimum atomic E-state index is -0.518. The molecule has 0 aliphatic carbocycles. The van der Waals surface area contributed by atoms with Crippen molar-refractivity contribution in [1.82, 2.24) is 24.5 Å². The molecule has 0 fully saturated rings. The minimum Gasteiger partial charge on any atom is -0.362 e. The van der Waals surface area contributed by atoms with Crippen molar-refractivity contribution in [3.8, 4) is 11.5 Å². The van der Waals surface area contributed by atoms with Gasteiger partial charge < -0.3 is 9.47 Å². The molecule has 0 aliphatic heterocycles. The molecule has 3 aromatic heterocycles. The molecule has 3 heterocycles. The van der Waals surface area contributed by atoms with Crippen LogP contribution < -0.4 is 4.90 Å². The highest BCUT2D eigenvalue weighted by Crippen LogP contribution is 2.22. The molecule has 0 saturated heterocycles. The van der Waals surface area contributed by atoms with Crippen LogP contribution in [-0.4, -0.2) is 38.6 Å². The Bertz CT molecular complexity index is 858. The summed E-state index contributed by atoms with van der Waals surface area (Å²) < 4.78 is 15.4. The molecular formula is C18H21FN6. The summed E-state index contributed by atoms with van der Waals surface area (Å²) in [6, 6.07) is 4.71. The van der Waals surface area contributed by atoms with Crippen molar-refractivity contribution in [2.45, 2.75) is 26.3 Å². The van der Waals surface area contributed by atoms with Crippen LogP contribution in [0.25, 0.3) is 11.5 Å². The highest BCUT2D eigenvalue weighted by Gasteiger charge is 2.15. The molecule has 0 spiro atoms. The predicted molar refractivity (Wildman–Crippen MR) is 94.9 cm³/mol. The van der Waals surface area contributed by atoms with Crippen LogP contribution in [0.3, 0.4) is 0 Å². The lowest BCUT2D eigenvalue weighted by atomic mass is 10.1. The van der Waals surface area contributed by atoms with E-state index in [1.165, 1.54) is 6.07 Å². The fourth-order valence-electron chi connectivity index (χ4n) is 2.83. The van der Waals surface area contributed by atoms with Crippen molar-refractivity contribution in [2.24, 2.45) is 0 Å². The minimum absolute atomic E-state index is 0.504. The number of anilines is 1. The first-order valence-corrected chi connectivity index (χ1v) is 8.24. The van der Waals surface area contributed by atoms with E-state index in [0.717, 1.165) is 29.9 Å². The van der Waals surface area contributed by atoms with Gasteiger partial charge in [0.25, 0.3) is 0 Å². The molecule has 0 radical (unpaired) electrons. The van der Waals surface area contributed by atoms with Gasteiger partial charge in [-0.1, -0.05) is 19.4 Å². The summed E-state index contributed by atoms with van der Waals surface area (Å²) in [5.41, 5.74) is 2.57. The molecular weight excluding hydrogens is 319 g/mol. The van der Waals surface area contributed by atoms with E-state index in [2.05, 4.69) is 26.9 Å². The third-order valence-corrected chi connectivity index (χ3v) is 3.92. The molecule has 0 atom stereocenters.